The Morgan fingerprint density at radius 3 is 2.73 bits per heavy atom. The largest absolute Gasteiger partial charge is 0.337 e. The van der Waals surface area contributed by atoms with Gasteiger partial charge in [-0.2, -0.15) is 0 Å². The van der Waals surface area contributed by atoms with E-state index in [9.17, 15) is 4.79 Å². The van der Waals surface area contributed by atoms with Gasteiger partial charge in [0.05, 0.1) is 5.01 Å². The summed E-state index contributed by atoms with van der Waals surface area (Å²) < 4.78 is 0. The smallest absolute Gasteiger partial charge is 0.273 e. The van der Waals surface area contributed by atoms with E-state index >= 15 is 0 Å². The lowest BCUT2D eigenvalue weighted by atomic mass is 9.89. The third-order valence-electron chi connectivity index (χ3n) is 4.18. The van der Waals surface area contributed by atoms with Crippen LogP contribution in [0.1, 0.15) is 55.0 Å². The molecular weight excluding hydrogens is 318 g/mol. The molecule has 0 bridgehead atoms. The summed E-state index contributed by atoms with van der Waals surface area (Å²) in [5.74, 6) is 1.66. The molecule has 6 heteroatoms. The second kappa shape index (κ2) is 9.48. The molecule has 126 valence electrons. The van der Waals surface area contributed by atoms with Gasteiger partial charge in [-0.1, -0.05) is 26.7 Å². The monoisotopic (exact) mass is 345 g/mol. The van der Waals surface area contributed by atoms with E-state index in [1.54, 1.807) is 0 Å². The van der Waals surface area contributed by atoms with Gasteiger partial charge in [-0.15, -0.1) is 23.7 Å². The van der Waals surface area contributed by atoms with Crippen LogP contribution in [0.15, 0.2) is 5.38 Å². The Kier molecular flexibility index (Phi) is 8.36. The van der Waals surface area contributed by atoms with Gasteiger partial charge in [0.25, 0.3) is 5.91 Å². The molecule has 1 saturated heterocycles. The number of hydrogen-bond acceptors (Lipinski definition) is 4. The van der Waals surface area contributed by atoms with Crippen molar-refractivity contribution in [2.24, 2.45) is 17.6 Å². The lowest BCUT2D eigenvalue weighted by Crippen LogP contribution is -2.38. The number of piperidine rings is 1. The molecule has 0 saturated carbocycles. The van der Waals surface area contributed by atoms with E-state index in [-0.39, 0.29) is 18.3 Å². The maximum atomic E-state index is 12.4. The second-order valence-corrected chi connectivity index (χ2v) is 7.31. The fraction of sp³-hybridized carbons (Fsp3) is 0.750. The first-order valence-electron chi connectivity index (χ1n) is 8.04. The third kappa shape index (κ3) is 5.52. The molecule has 1 aliphatic rings. The Morgan fingerprint density at radius 1 is 1.45 bits per heavy atom. The van der Waals surface area contributed by atoms with E-state index in [1.165, 1.54) is 24.2 Å². The number of aromatic nitrogens is 1. The van der Waals surface area contributed by atoms with E-state index in [0.717, 1.165) is 49.2 Å². The van der Waals surface area contributed by atoms with E-state index in [4.69, 9.17) is 5.73 Å². The van der Waals surface area contributed by atoms with Gasteiger partial charge in [-0.05, 0) is 31.2 Å². The SMILES string of the molecule is CC(C)CCC1CCN(C(=O)c2csc(CCN)n2)CC1.Cl. The summed E-state index contributed by atoms with van der Waals surface area (Å²) in [4.78, 5) is 18.8. The first-order valence-corrected chi connectivity index (χ1v) is 8.92. The maximum absolute atomic E-state index is 12.4. The Bertz CT molecular complexity index is 456. The van der Waals surface area contributed by atoms with Crippen LogP contribution in [-0.2, 0) is 6.42 Å². The molecule has 22 heavy (non-hydrogen) atoms. The molecule has 0 aromatic carbocycles. The molecule has 2 heterocycles. The van der Waals surface area contributed by atoms with Crippen molar-refractivity contribution in [3.63, 3.8) is 0 Å². The fourth-order valence-corrected chi connectivity index (χ4v) is 3.59. The lowest BCUT2D eigenvalue weighted by molar-refractivity contribution is 0.0679. The molecular formula is C16H28ClN3OS. The number of hydrogen-bond donors (Lipinski definition) is 1. The number of nitrogens with two attached hydrogens (primary N) is 1. The highest BCUT2D eigenvalue weighted by atomic mass is 35.5. The van der Waals surface area contributed by atoms with E-state index in [2.05, 4.69) is 18.8 Å². The predicted octanol–water partition coefficient (Wildman–Crippen LogP) is 3.35. The number of carbonyl (C=O) groups excluding carboxylic acids is 1. The van der Waals surface area contributed by atoms with Gasteiger partial charge >= 0.3 is 0 Å². The Hall–Kier alpha value is -0.650. The number of thiazole rings is 1. The van der Waals surface area contributed by atoms with Crippen LogP contribution in [0.25, 0.3) is 0 Å². The van der Waals surface area contributed by atoms with Crippen LogP contribution in [0.5, 0.6) is 0 Å². The highest BCUT2D eigenvalue weighted by Crippen LogP contribution is 2.25. The zero-order valence-corrected chi connectivity index (χ0v) is 15.2. The molecule has 0 spiro atoms. The minimum absolute atomic E-state index is 0. The van der Waals surface area contributed by atoms with E-state index in [0.29, 0.717) is 12.2 Å². The molecule has 1 fully saturated rings. The second-order valence-electron chi connectivity index (χ2n) is 6.37. The molecule has 0 atom stereocenters. The molecule has 0 unspecified atom stereocenters. The average molecular weight is 346 g/mol. The molecule has 1 amide bonds. The Labute approximate surface area is 143 Å². The van der Waals surface area contributed by atoms with Gasteiger partial charge in [0, 0.05) is 24.9 Å². The van der Waals surface area contributed by atoms with E-state index in [1.807, 2.05) is 10.3 Å². The van der Waals surface area contributed by atoms with Gasteiger partial charge in [0.1, 0.15) is 5.69 Å². The van der Waals surface area contributed by atoms with Gasteiger partial charge in [0.15, 0.2) is 0 Å². The lowest BCUT2D eigenvalue weighted by Gasteiger charge is -2.32. The minimum Gasteiger partial charge on any atom is -0.337 e. The van der Waals surface area contributed by atoms with Crippen molar-refractivity contribution in [3.05, 3.63) is 16.1 Å². The third-order valence-corrected chi connectivity index (χ3v) is 5.09. The van der Waals surface area contributed by atoms with E-state index < -0.39 is 0 Å². The van der Waals surface area contributed by atoms with Crippen LogP contribution in [0, 0.1) is 11.8 Å². The first-order chi connectivity index (χ1) is 10.1. The maximum Gasteiger partial charge on any atom is 0.273 e. The number of likely N-dealkylation sites (tertiary alicyclic amines) is 1. The molecule has 0 aliphatic carbocycles. The quantitative estimate of drug-likeness (QED) is 0.860. The molecule has 4 nitrogen and oxygen atoms in total. The zero-order valence-electron chi connectivity index (χ0n) is 13.6. The van der Waals surface area contributed by atoms with Crippen molar-refractivity contribution in [1.29, 1.82) is 0 Å². The highest BCUT2D eigenvalue weighted by molar-refractivity contribution is 7.09. The van der Waals surface area contributed by atoms with Crippen molar-refractivity contribution >= 4 is 29.7 Å². The summed E-state index contributed by atoms with van der Waals surface area (Å²) in [6.45, 7) is 6.90. The Balaban J connectivity index is 0.00000242. The molecule has 0 radical (unpaired) electrons. The topological polar surface area (TPSA) is 59.2 Å². The van der Waals surface area contributed by atoms with Crippen molar-refractivity contribution < 1.29 is 4.79 Å². The predicted molar refractivity (Wildman–Crippen MR) is 94.8 cm³/mol. The van der Waals surface area contributed by atoms with Crippen LogP contribution >= 0.6 is 23.7 Å². The van der Waals surface area contributed by atoms with Crippen molar-refractivity contribution in [1.82, 2.24) is 9.88 Å². The summed E-state index contributed by atoms with van der Waals surface area (Å²) in [6.07, 6.45) is 5.63. The molecule has 1 aromatic rings. The number of carbonyl (C=O) groups is 1. The normalized spacial score (nSPS) is 15.9. The van der Waals surface area contributed by atoms with Crippen LogP contribution in [0.2, 0.25) is 0 Å². The molecule has 2 N–H and O–H groups in total. The molecule has 1 aliphatic heterocycles. The molecule has 1 aromatic heterocycles. The summed E-state index contributed by atoms with van der Waals surface area (Å²) in [5.41, 5.74) is 6.13. The fourth-order valence-electron chi connectivity index (χ4n) is 2.80. The van der Waals surface area contributed by atoms with Crippen molar-refractivity contribution in [2.75, 3.05) is 19.6 Å². The van der Waals surface area contributed by atoms with Gasteiger partial charge in [0.2, 0.25) is 0 Å². The summed E-state index contributed by atoms with van der Waals surface area (Å²) in [6, 6.07) is 0. The van der Waals surface area contributed by atoms with Gasteiger partial charge < -0.3 is 10.6 Å². The van der Waals surface area contributed by atoms with Gasteiger partial charge in [-0.25, -0.2) is 4.98 Å². The van der Waals surface area contributed by atoms with Crippen molar-refractivity contribution in [2.45, 2.75) is 46.0 Å². The number of halogens is 1. The van der Waals surface area contributed by atoms with Crippen LogP contribution in [-0.4, -0.2) is 35.4 Å². The summed E-state index contributed by atoms with van der Waals surface area (Å²) >= 11 is 1.54. The minimum atomic E-state index is 0. The van der Waals surface area contributed by atoms with Gasteiger partial charge in [-0.3, -0.25) is 4.79 Å². The summed E-state index contributed by atoms with van der Waals surface area (Å²) in [5, 5.41) is 2.84. The van der Waals surface area contributed by atoms with Crippen molar-refractivity contribution in [3.8, 4) is 0 Å². The van der Waals surface area contributed by atoms with Crippen LogP contribution < -0.4 is 5.73 Å². The average Bonchev–Trinajstić information content (AvgIpc) is 2.94. The number of nitrogens with zero attached hydrogens (tertiary/aromatic N) is 2. The standard InChI is InChI=1S/C16H27N3OS.ClH/c1-12(2)3-4-13-6-9-19(10-7-13)16(20)14-11-21-15(18-14)5-8-17;/h11-13H,3-10,17H2,1-2H3;1H. The zero-order chi connectivity index (χ0) is 15.2. The number of amides is 1. The number of rotatable bonds is 6. The first kappa shape index (κ1) is 19.4. The Morgan fingerprint density at radius 2 is 2.14 bits per heavy atom. The van der Waals surface area contributed by atoms with Crippen LogP contribution in [0.3, 0.4) is 0 Å². The highest BCUT2D eigenvalue weighted by Gasteiger charge is 2.24. The molecule has 2 rings (SSSR count). The summed E-state index contributed by atoms with van der Waals surface area (Å²) in [7, 11) is 0. The van der Waals surface area contributed by atoms with Crippen LogP contribution in [0.4, 0.5) is 0 Å².